The molecule has 1 aromatic rings. The van der Waals surface area contributed by atoms with Crippen LogP contribution in [0.1, 0.15) is 6.42 Å². The fourth-order valence-corrected chi connectivity index (χ4v) is 1.96. The van der Waals surface area contributed by atoms with Crippen molar-refractivity contribution in [2.75, 3.05) is 23.8 Å². The summed E-state index contributed by atoms with van der Waals surface area (Å²) >= 11 is 0. The average Bonchev–Trinajstić information content (AvgIpc) is 2.54. The lowest BCUT2D eigenvalue weighted by Gasteiger charge is -2.24. The van der Waals surface area contributed by atoms with Crippen LogP contribution in [0.3, 0.4) is 0 Å². The van der Waals surface area contributed by atoms with Crippen LogP contribution < -0.4 is 10.6 Å². The minimum absolute atomic E-state index is 0.318. The summed E-state index contributed by atoms with van der Waals surface area (Å²) in [5, 5.41) is 9.08. The predicted molar refractivity (Wildman–Crippen MR) is 56.4 cm³/mol. The Labute approximate surface area is 91.7 Å². The van der Waals surface area contributed by atoms with E-state index in [1.165, 1.54) is 11.1 Å². The Morgan fingerprint density at radius 3 is 3.00 bits per heavy atom. The van der Waals surface area contributed by atoms with Gasteiger partial charge in [-0.2, -0.15) is 0 Å². The third-order valence-corrected chi connectivity index (χ3v) is 2.68. The Bertz CT molecular complexity index is 386. The lowest BCUT2D eigenvalue weighted by Crippen LogP contribution is -2.34. The van der Waals surface area contributed by atoms with E-state index < -0.39 is 18.5 Å². The number of aromatic nitrogens is 1. The molecule has 6 heteroatoms. The van der Waals surface area contributed by atoms with Gasteiger partial charge in [0.05, 0.1) is 24.9 Å². The summed E-state index contributed by atoms with van der Waals surface area (Å²) in [5.41, 5.74) is 6.02. The fourth-order valence-electron chi connectivity index (χ4n) is 1.96. The molecular formula is C10H13F2N3O. The number of nitrogens with two attached hydrogens (primary N) is 1. The van der Waals surface area contributed by atoms with Crippen LogP contribution in [0.4, 0.5) is 20.3 Å². The Balaban J connectivity index is 2.30. The van der Waals surface area contributed by atoms with Crippen molar-refractivity contribution in [1.29, 1.82) is 0 Å². The Morgan fingerprint density at radius 2 is 2.38 bits per heavy atom. The molecule has 1 unspecified atom stereocenters. The summed E-state index contributed by atoms with van der Waals surface area (Å²) in [6.45, 7) is -0.773. The van der Waals surface area contributed by atoms with Crippen molar-refractivity contribution in [1.82, 2.24) is 4.98 Å². The SMILES string of the molecule is Nc1cccnc1N1CC(F)(F)CC1CO. The highest BCUT2D eigenvalue weighted by atomic mass is 19.3. The van der Waals surface area contributed by atoms with Crippen molar-refractivity contribution in [3.05, 3.63) is 18.3 Å². The molecule has 1 saturated heterocycles. The lowest BCUT2D eigenvalue weighted by atomic mass is 10.2. The first-order chi connectivity index (χ1) is 7.53. The van der Waals surface area contributed by atoms with E-state index >= 15 is 0 Å². The minimum atomic E-state index is -2.79. The normalized spacial score (nSPS) is 23.7. The molecule has 16 heavy (non-hydrogen) atoms. The van der Waals surface area contributed by atoms with Gasteiger partial charge in [0.15, 0.2) is 5.82 Å². The van der Waals surface area contributed by atoms with E-state index in [1.807, 2.05) is 0 Å². The van der Waals surface area contributed by atoms with Crippen LogP contribution in [-0.2, 0) is 0 Å². The van der Waals surface area contributed by atoms with Crippen LogP contribution in [0.25, 0.3) is 0 Å². The van der Waals surface area contributed by atoms with Gasteiger partial charge in [0.25, 0.3) is 5.92 Å². The number of nitrogens with zero attached hydrogens (tertiary/aromatic N) is 2. The van der Waals surface area contributed by atoms with Gasteiger partial charge < -0.3 is 15.7 Å². The molecule has 0 aromatic carbocycles. The topological polar surface area (TPSA) is 62.4 Å². The first-order valence-corrected chi connectivity index (χ1v) is 4.99. The van der Waals surface area contributed by atoms with Gasteiger partial charge >= 0.3 is 0 Å². The number of hydrogen-bond donors (Lipinski definition) is 2. The molecule has 1 aliphatic heterocycles. The van der Waals surface area contributed by atoms with Crippen LogP contribution in [0, 0.1) is 0 Å². The van der Waals surface area contributed by atoms with Gasteiger partial charge in [-0.25, -0.2) is 13.8 Å². The van der Waals surface area contributed by atoms with E-state index in [-0.39, 0.29) is 13.0 Å². The molecule has 1 fully saturated rings. The second-order valence-electron chi connectivity index (χ2n) is 3.94. The van der Waals surface area contributed by atoms with Gasteiger partial charge in [-0.3, -0.25) is 0 Å². The van der Waals surface area contributed by atoms with Crippen LogP contribution >= 0.6 is 0 Å². The largest absolute Gasteiger partial charge is 0.396 e. The third-order valence-electron chi connectivity index (χ3n) is 2.68. The number of aliphatic hydroxyl groups excluding tert-OH is 1. The molecule has 88 valence electrons. The second kappa shape index (κ2) is 3.86. The molecule has 1 atom stereocenters. The molecule has 0 amide bonds. The molecular weight excluding hydrogens is 216 g/mol. The van der Waals surface area contributed by atoms with Crippen molar-refractivity contribution in [2.45, 2.75) is 18.4 Å². The molecule has 1 aromatic heterocycles. The highest BCUT2D eigenvalue weighted by molar-refractivity contribution is 5.63. The number of hydrogen-bond acceptors (Lipinski definition) is 4. The monoisotopic (exact) mass is 229 g/mol. The van der Waals surface area contributed by atoms with Crippen molar-refractivity contribution in [3.8, 4) is 0 Å². The molecule has 2 heterocycles. The van der Waals surface area contributed by atoms with Crippen LogP contribution in [0.15, 0.2) is 18.3 Å². The van der Waals surface area contributed by atoms with Gasteiger partial charge in [0.2, 0.25) is 0 Å². The summed E-state index contributed by atoms with van der Waals surface area (Å²) in [6.07, 6.45) is 1.14. The maximum absolute atomic E-state index is 13.2. The zero-order valence-electron chi connectivity index (χ0n) is 8.61. The van der Waals surface area contributed by atoms with Crippen molar-refractivity contribution in [2.24, 2.45) is 0 Å². The summed E-state index contributed by atoms with van der Waals surface area (Å²) in [5.74, 6) is -2.48. The molecule has 4 nitrogen and oxygen atoms in total. The Kier molecular flexibility index (Phi) is 2.67. The van der Waals surface area contributed by atoms with Crippen molar-refractivity contribution < 1.29 is 13.9 Å². The molecule has 1 aliphatic rings. The number of aliphatic hydroxyl groups is 1. The number of nitrogen functional groups attached to an aromatic ring is 1. The zero-order chi connectivity index (χ0) is 11.8. The van der Waals surface area contributed by atoms with Gasteiger partial charge in [0, 0.05) is 12.6 Å². The van der Waals surface area contributed by atoms with Crippen LogP contribution in [0.5, 0.6) is 0 Å². The molecule has 0 aliphatic carbocycles. The molecule has 0 bridgehead atoms. The van der Waals surface area contributed by atoms with E-state index in [2.05, 4.69) is 4.98 Å². The molecule has 0 spiro atoms. The van der Waals surface area contributed by atoms with E-state index in [9.17, 15) is 8.78 Å². The maximum Gasteiger partial charge on any atom is 0.267 e. The standard InChI is InChI=1S/C10H13F2N3O/c11-10(12)4-7(5-16)15(6-10)9-8(13)2-1-3-14-9/h1-3,7,16H,4-6,13H2. The minimum Gasteiger partial charge on any atom is -0.396 e. The van der Waals surface area contributed by atoms with Gasteiger partial charge in [-0.1, -0.05) is 0 Å². The van der Waals surface area contributed by atoms with E-state index in [1.54, 1.807) is 12.1 Å². The third kappa shape index (κ3) is 1.92. The van der Waals surface area contributed by atoms with Crippen LogP contribution in [-0.4, -0.2) is 35.2 Å². The first kappa shape index (κ1) is 11.1. The van der Waals surface area contributed by atoms with Gasteiger partial charge in [0.1, 0.15) is 0 Å². The molecule has 0 saturated carbocycles. The number of halogens is 2. The first-order valence-electron chi connectivity index (χ1n) is 4.99. The Hall–Kier alpha value is -1.43. The lowest BCUT2D eigenvalue weighted by molar-refractivity contribution is 0.0201. The highest BCUT2D eigenvalue weighted by Crippen LogP contribution is 2.36. The average molecular weight is 229 g/mol. The number of rotatable bonds is 2. The van der Waals surface area contributed by atoms with E-state index in [4.69, 9.17) is 10.8 Å². The van der Waals surface area contributed by atoms with Crippen molar-refractivity contribution in [3.63, 3.8) is 0 Å². The smallest absolute Gasteiger partial charge is 0.267 e. The van der Waals surface area contributed by atoms with Gasteiger partial charge in [-0.15, -0.1) is 0 Å². The predicted octanol–water partition coefficient (Wildman–Crippen LogP) is 0.870. The summed E-state index contributed by atoms with van der Waals surface area (Å²) < 4.78 is 26.5. The fraction of sp³-hybridized carbons (Fsp3) is 0.500. The van der Waals surface area contributed by atoms with Crippen LogP contribution in [0.2, 0.25) is 0 Å². The summed E-state index contributed by atoms with van der Waals surface area (Å²) in [4.78, 5) is 5.35. The van der Waals surface area contributed by atoms with E-state index in [0.29, 0.717) is 11.5 Å². The quantitative estimate of drug-likeness (QED) is 0.790. The molecule has 0 radical (unpaired) electrons. The van der Waals surface area contributed by atoms with Crippen molar-refractivity contribution >= 4 is 11.5 Å². The van der Waals surface area contributed by atoms with E-state index in [0.717, 1.165) is 0 Å². The maximum atomic E-state index is 13.2. The molecule has 2 rings (SSSR count). The Morgan fingerprint density at radius 1 is 1.62 bits per heavy atom. The molecule has 3 N–H and O–H groups in total. The zero-order valence-corrected chi connectivity index (χ0v) is 8.61. The van der Waals surface area contributed by atoms with Gasteiger partial charge in [-0.05, 0) is 12.1 Å². The highest BCUT2D eigenvalue weighted by Gasteiger charge is 2.45. The number of pyridine rings is 1. The summed E-state index contributed by atoms with van der Waals surface area (Å²) in [7, 11) is 0. The number of anilines is 2. The second-order valence-corrected chi connectivity index (χ2v) is 3.94. The summed E-state index contributed by atoms with van der Waals surface area (Å²) in [6, 6.07) is 2.63. The number of alkyl halides is 2.